The van der Waals surface area contributed by atoms with Gasteiger partial charge >= 0.3 is 3.93 Å². The summed E-state index contributed by atoms with van der Waals surface area (Å²) in [5.74, 6) is 0. The number of fused-ring (bicyclic) bond motifs is 2. The zero-order valence-electron chi connectivity index (χ0n) is 12.8. The highest BCUT2D eigenvalue weighted by Gasteiger charge is 2.40. The number of benzene rings is 1. The van der Waals surface area contributed by atoms with Crippen LogP contribution in [0.1, 0.15) is 9.75 Å². The quantitative estimate of drug-likeness (QED) is 0.319. The molecule has 4 aromatic rings. The first-order valence-corrected chi connectivity index (χ1v) is 11.7. The molecule has 120 valence electrons. The molecule has 0 saturated carbocycles. The summed E-state index contributed by atoms with van der Waals surface area (Å²) in [7, 11) is 0. The van der Waals surface area contributed by atoms with Gasteiger partial charge < -0.3 is 3.87 Å². The molecule has 0 atom stereocenters. The SMILES string of the molecule is Cc1ccc(-c2ccc3c4c2ns[n+]4[B-](Br)(Br)c2cc(C)sc2-3)s1. The second kappa shape index (κ2) is 5.24. The van der Waals surface area contributed by atoms with E-state index in [9.17, 15) is 0 Å². The van der Waals surface area contributed by atoms with Crippen molar-refractivity contribution < 1.29 is 3.87 Å². The lowest BCUT2D eigenvalue weighted by Gasteiger charge is -2.29. The summed E-state index contributed by atoms with van der Waals surface area (Å²) < 4.78 is 5.95. The molecular weight excluding hydrogens is 487 g/mol. The van der Waals surface area contributed by atoms with Crippen LogP contribution in [0.15, 0.2) is 30.3 Å². The van der Waals surface area contributed by atoms with Gasteiger partial charge in [0.1, 0.15) is 0 Å². The molecule has 0 spiro atoms. The van der Waals surface area contributed by atoms with E-state index in [0.717, 1.165) is 5.52 Å². The normalized spacial score (nSPS) is 15.0. The molecule has 1 aromatic carbocycles. The van der Waals surface area contributed by atoms with E-state index in [1.54, 1.807) is 0 Å². The number of nitrogens with zero attached hydrogens (tertiary/aromatic N) is 2. The van der Waals surface area contributed by atoms with Gasteiger partial charge in [-0.25, -0.2) is 0 Å². The number of hydrogen-bond donors (Lipinski definition) is 0. The molecule has 5 rings (SSSR count). The van der Waals surface area contributed by atoms with Crippen molar-refractivity contribution >= 4 is 86.3 Å². The zero-order chi connectivity index (χ0) is 16.6. The maximum absolute atomic E-state index is 4.83. The van der Waals surface area contributed by atoms with Crippen molar-refractivity contribution in [2.75, 3.05) is 0 Å². The average molecular weight is 498 g/mol. The van der Waals surface area contributed by atoms with Crippen molar-refractivity contribution in [2.45, 2.75) is 13.8 Å². The molecule has 1 aliphatic rings. The van der Waals surface area contributed by atoms with Crippen LogP contribution in [0.5, 0.6) is 0 Å². The van der Waals surface area contributed by atoms with Crippen molar-refractivity contribution in [1.82, 2.24) is 4.37 Å². The molecule has 0 N–H and O–H groups in total. The van der Waals surface area contributed by atoms with Crippen LogP contribution in [0.25, 0.3) is 31.9 Å². The molecule has 4 heterocycles. The average Bonchev–Trinajstić information content (AvgIpc) is 3.23. The predicted molar refractivity (Wildman–Crippen MR) is 115 cm³/mol. The fourth-order valence-corrected chi connectivity index (χ4v) is 8.09. The molecule has 24 heavy (non-hydrogen) atoms. The fourth-order valence-electron chi connectivity index (χ4n) is 3.33. The Morgan fingerprint density at radius 3 is 2.54 bits per heavy atom. The van der Waals surface area contributed by atoms with Gasteiger partial charge in [0.25, 0.3) is 0 Å². The molecule has 1 aliphatic heterocycles. The summed E-state index contributed by atoms with van der Waals surface area (Å²) in [6, 6.07) is 11.1. The maximum Gasteiger partial charge on any atom is 0.353 e. The van der Waals surface area contributed by atoms with E-state index in [1.165, 1.54) is 53.3 Å². The Balaban J connectivity index is 1.89. The smallest absolute Gasteiger partial charge is 0.339 e. The maximum atomic E-state index is 4.83. The van der Waals surface area contributed by atoms with Crippen LogP contribution in [-0.2, 0) is 0 Å². The van der Waals surface area contributed by atoms with Crippen molar-refractivity contribution in [3.63, 3.8) is 0 Å². The van der Waals surface area contributed by atoms with Crippen molar-refractivity contribution in [2.24, 2.45) is 0 Å². The second-order valence-corrected chi connectivity index (χ2v) is 13.2. The summed E-state index contributed by atoms with van der Waals surface area (Å²) in [6.45, 7) is 4.32. The number of rotatable bonds is 1. The summed E-state index contributed by atoms with van der Waals surface area (Å²) >= 11 is 13.1. The van der Waals surface area contributed by atoms with Crippen LogP contribution in [0, 0.1) is 13.8 Å². The van der Waals surface area contributed by atoms with E-state index < -0.39 is 3.93 Å². The third-order valence-electron chi connectivity index (χ3n) is 4.39. The molecule has 0 aliphatic carbocycles. The third-order valence-corrected chi connectivity index (χ3v) is 9.81. The molecule has 0 bridgehead atoms. The predicted octanol–water partition coefficient (Wildman–Crippen LogP) is 5.46. The van der Waals surface area contributed by atoms with Gasteiger partial charge in [0, 0.05) is 30.1 Å². The topological polar surface area (TPSA) is 16.8 Å². The summed E-state index contributed by atoms with van der Waals surface area (Å²) in [4.78, 5) is 5.29. The van der Waals surface area contributed by atoms with Crippen LogP contribution in [0.3, 0.4) is 0 Å². The minimum atomic E-state index is -1.17. The van der Waals surface area contributed by atoms with Gasteiger partial charge in [0.15, 0.2) is 5.52 Å². The van der Waals surface area contributed by atoms with E-state index >= 15 is 0 Å². The summed E-state index contributed by atoms with van der Waals surface area (Å²) in [5.41, 5.74) is 6.17. The van der Waals surface area contributed by atoms with E-state index in [2.05, 4.69) is 79.6 Å². The minimum Gasteiger partial charge on any atom is -0.339 e. The Bertz CT molecular complexity index is 1130. The minimum absolute atomic E-state index is 1.10. The lowest BCUT2D eigenvalue weighted by atomic mass is 9.77. The molecule has 0 unspecified atom stereocenters. The van der Waals surface area contributed by atoms with E-state index in [0.29, 0.717) is 0 Å². The van der Waals surface area contributed by atoms with Gasteiger partial charge in [-0.3, -0.25) is 31.5 Å². The van der Waals surface area contributed by atoms with E-state index in [1.807, 2.05) is 22.7 Å². The van der Waals surface area contributed by atoms with E-state index in [-0.39, 0.29) is 0 Å². The van der Waals surface area contributed by atoms with Gasteiger partial charge in [0.2, 0.25) is 17.2 Å². The largest absolute Gasteiger partial charge is 0.353 e. The van der Waals surface area contributed by atoms with Gasteiger partial charge in [0.05, 0.1) is 0 Å². The van der Waals surface area contributed by atoms with Gasteiger partial charge in [-0.1, -0.05) is 6.07 Å². The first-order valence-electron chi connectivity index (χ1n) is 7.51. The number of aryl methyl sites for hydroxylation is 2. The van der Waals surface area contributed by atoms with Crippen molar-refractivity contribution in [3.05, 3.63) is 40.1 Å². The first kappa shape index (κ1) is 15.7. The molecular formula is C16H11BBr2N2S3. The Hall–Kier alpha value is -0.535. The molecule has 0 amide bonds. The van der Waals surface area contributed by atoms with Crippen molar-refractivity contribution in [3.8, 4) is 20.9 Å². The van der Waals surface area contributed by atoms with Gasteiger partial charge in [-0.15, -0.1) is 28.1 Å². The number of aromatic nitrogens is 2. The summed E-state index contributed by atoms with van der Waals surface area (Å²) in [6.07, 6.45) is 0. The monoisotopic (exact) mass is 496 g/mol. The van der Waals surface area contributed by atoms with Gasteiger partial charge in [-0.2, -0.15) is 0 Å². The van der Waals surface area contributed by atoms with Crippen LogP contribution in [-0.4, -0.2) is 8.30 Å². The zero-order valence-corrected chi connectivity index (χ0v) is 18.5. The highest BCUT2D eigenvalue weighted by atomic mass is 79.9. The number of thiophene rings is 2. The Kier molecular flexibility index (Phi) is 3.42. The van der Waals surface area contributed by atoms with Crippen LogP contribution < -0.4 is 9.33 Å². The lowest BCUT2D eigenvalue weighted by molar-refractivity contribution is -0.421. The fraction of sp³-hybridized carbons (Fsp3) is 0.125. The first-order chi connectivity index (χ1) is 11.5. The van der Waals surface area contributed by atoms with Crippen LogP contribution in [0.4, 0.5) is 0 Å². The Labute approximate surface area is 168 Å². The number of hydrogen-bond acceptors (Lipinski definition) is 4. The Morgan fingerprint density at radius 1 is 1.00 bits per heavy atom. The Morgan fingerprint density at radius 2 is 1.79 bits per heavy atom. The van der Waals surface area contributed by atoms with Crippen LogP contribution in [0.2, 0.25) is 0 Å². The molecule has 8 heteroatoms. The third kappa shape index (κ3) is 2.04. The standard InChI is InChI=1S/C16H11BBr2N2S3/c1-8-3-6-13(22-8)10-4-5-11-15-14(10)20-24-21(15)17(18,19)12-7-9(2)23-16(11)12/h3-7H,1-2H3. The molecule has 0 fully saturated rings. The molecule has 0 radical (unpaired) electrons. The highest BCUT2D eigenvalue weighted by molar-refractivity contribution is 9.51. The van der Waals surface area contributed by atoms with Gasteiger partial charge in [-0.05, 0) is 43.0 Å². The van der Waals surface area contributed by atoms with E-state index in [4.69, 9.17) is 4.37 Å². The van der Waals surface area contributed by atoms with Crippen LogP contribution >= 0.6 is 65.9 Å². The summed E-state index contributed by atoms with van der Waals surface area (Å²) in [5, 5.41) is 0. The lowest BCUT2D eigenvalue weighted by Crippen LogP contribution is -2.63. The highest BCUT2D eigenvalue weighted by Crippen LogP contribution is 2.42. The molecule has 3 aromatic heterocycles. The van der Waals surface area contributed by atoms with Crippen molar-refractivity contribution in [1.29, 1.82) is 0 Å². The molecule has 0 saturated heterocycles. The second-order valence-electron chi connectivity index (χ2n) is 6.03. The molecule has 2 nitrogen and oxygen atoms in total. The number of halogens is 2.